The maximum absolute atomic E-state index is 13.2. The Hall–Kier alpha value is -3.40. The van der Waals surface area contributed by atoms with Crippen LogP contribution >= 0.6 is 0 Å². The van der Waals surface area contributed by atoms with Gasteiger partial charge in [-0.3, -0.25) is 4.79 Å². The Kier molecular flexibility index (Phi) is 4.82. The van der Waals surface area contributed by atoms with Crippen LogP contribution in [0.15, 0.2) is 40.5 Å². The van der Waals surface area contributed by atoms with Gasteiger partial charge in [0.1, 0.15) is 17.4 Å². The van der Waals surface area contributed by atoms with Crippen molar-refractivity contribution in [3.8, 4) is 23.3 Å². The number of methoxy groups -OCH3 is 2. The second-order valence-corrected chi connectivity index (χ2v) is 6.12. The quantitative estimate of drug-likeness (QED) is 0.891. The summed E-state index contributed by atoms with van der Waals surface area (Å²) in [6.07, 6.45) is 0. The lowest BCUT2D eigenvalue weighted by Crippen LogP contribution is -2.32. The van der Waals surface area contributed by atoms with Crippen LogP contribution in [0.3, 0.4) is 0 Å². The van der Waals surface area contributed by atoms with Gasteiger partial charge in [0.2, 0.25) is 5.88 Å². The zero-order valence-corrected chi connectivity index (χ0v) is 15.7. The molecule has 2 N–H and O–H groups in total. The van der Waals surface area contributed by atoms with Crippen molar-refractivity contribution in [1.82, 2.24) is 4.57 Å². The molecule has 0 amide bonds. The summed E-state index contributed by atoms with van der Waals surface area (Å²) < 4.78 is 18.2. The van der Waals surface area contributed by atoms with E-state index in [9.17, 15) is 10.1 Å². The highest BCUT2D eigenvalue weighted by molar-refractivity contribution is 5.60. The van der Waals surface area contributed by atoms with Crippen molar-refractivity contribution >= 4 is 0 Å². The van der Waals surface area contributed by atoms with Crippen LogP contribution in [-0.4, -0.2) is 18.8 Å². The molecule has 0 fully saturated rings. The van der Waals surface area contributed by atoms with Crippen molar-refractivity contribution in [1.29, 1.82) is 5.26 Å². The van der Waals surface area contributed by atoms with Gasteiger partial charge in [0.05, 0.1) is 25.7 Å². The van der Waals surface area contributed by atoms with E-state index >= 15 is 0 Å². The average Bonchev–Trinajstić information content (AvgIpc) is 2.66. The molecule has 3 rings (SSSR count). The van der Waals surface area contributed by atoms with Gasteiger partial charge in [-0.05, 0) is 19.9 Å². The molecule has 1 aromatic carbocycles. The lowest BCUT2D eigenvalue weighted by Gasteiger charge is -2.28. The fraction of sp³-hybridized carbons (Fsp3) is 0.300. The van der Waals surface area contributed by atoms with Gasteiger partial charge in [0, 0.05) is 23.9 Å². The molecule has 2 aromatic rings. The van der Waals surface area contributed by atoms with Crippen molar-refractivity contribution in [3.63, 3.8) is 0 Å². The Morgan fingerprint density at radius 1 is 1.33 bits per heavy atom. The first-order chi connectivity index (χ1) is 13.0. The minimum Gasteiger partial charge on any atom is -0.493 e. The molecule has 2 heterocycles. The van der Waals surface area contributed by atoms with E-state index in [1.165, 1.54) is 14.2 Å². The molecule has 1 aliphatic heterocycles. The molecular weight excluding hydrogens is 346 g/mol. The third-order valence-electron chi connectivity index (χ3n) is 4.75. The fourth-order valence-corrected chi connectivity index (χ4v) is 3.53. The van der Waals surface area contributed by atoms with Crippen molar-refractivity contribution in [2.45, 2.75) is 26.3 Å². The minimum atomic E-state index is -0.713. The van der Waals surface area contributed by atoms with E-state index in [0.29, 0.717) is 34.9 Å². The number of nitrogens with zero attached hydrogens (tertiary/aromatic N) is 2. The Balaban J connectivity index is 2.40. The zero-order valence-electron chi connectivity index (χ0n) is 15.7. The number of hydrogen-bond donors (Lipinski definition) is 1. The number of hydrogen-bond acceptors (Lipinski definition) is 6. The first-order valence-electron chi connectivity index (χ1n) is 8.51. The number of fused-ring (bicyclic) bond motifs is 1. The van der Waals surface area contributed by atoms with Crippen molar-refractivity contribution < 1.29 is 14.2 Å². The van der Waals surface area contributed by atoms with Crippen LogP contribution in [0.2, 0.25) is 0 Å². The lowest BCUT2D eigenvalue weighted by atomic mass is 9.83. The first kappa shape index (κ1) is 18.4. The fourth-order valence-electron chi connectivity index (χ4n) is 3.53. The zero-order chi connectivity index (χ0) is 19.7. The van der Waals surface area contributed by atoms with E-state index < -0.39 is 5.92 Å². The second-order valence-electron chi connectivity index (χ2n) is 6.12. The number of nitriles is 1. The molecule has 1 atom stereocenters. The number of allylic oxidation sites excluding steroid dienone is 1. The van der Waals surface area contributed by atoms with E-state index in [-0.39, 0.29) is 17.0 Å². The summed E-state index contributed by atoms with van der Waals surface area (Å²) in [6, 6.07) is 9.19. The van der Waals surface area contributed by atoms with Crippen LogP contribution in [0.25, 0.3) is 0 Å². The summed E-state index contributed by atoms with van der Waals surface area (Å²) in [5.41, 5.74) is 7.70. The molecule has 0 saturated heterocycles. The molecule has 1 aliphatic rings. The van der Waals surface area contributed by atoms with Gasteiger partial charge in [-0.1, -0.05) is 12.1 Å². The standard InChI is InChI=1S/C20H21N3O4/c1-5-23-11(2)9-15-17(20(23)24)16(13(10-21)19(22)27-15)12-7-6-8-14(25-3)18(12)26-4/h6-9,16H,5,22H2,1-4H3. The summed E-state index contributed by atoms with van der Waals surface area (Å²) in [5.74, 6) is 0.569. The molecule has 7 heteroatoms. The summed E-state index contributed by atoms with van der Waals surface area (Å²) >= 11 is 0. The van der Waals surface area contributed by atoms with Crippen molar-refractivity contribution in [2.24, 2.45) is 5.73 Å². The average molecular weight is 367 g/mol. The molecule has 0 spiro atoms. The number of nitrogens with two attached hydrogens (primary N) is 1. The number of pyridine rings is 1. The Bertz CT molecular complexity index is 1030. The number of ether oxygens (including phenoxy) is 3. The van der Waals surface area contributed by atoms with Gasteiger partial charge in [-0.25, -0.2) is 0 Å². The van der Waals surface area contributed by atoms with E-state index in [1.807, 2.05) is 13.8 Å². The largest absolute Gasteiger partial charge is 0.493 e. The molecule has 7 nitrogen and oxygen atoms in total. The van der Waals surface area contributed by atoms with Crippen LogP contribution in [0, 0.1) is 18.3 Å². The van der Waals surface area contributed by atoms with Gasteiger partial charge in [-0.2, -0.15) is 5.26 Å². The minimum absolute atomic E-state index is 0.0204. The predicted molar refractivity (Wildman–Crippen MR) is 100.0 cm³/mol. The number of rotatable bonds is 4. The Labute approximate surface area is 157 Å². The van der Waals surface area contributed by atoms with Crippen molar-refractivity contribution in [2.75, 3.05) is 14.2 Å². The third kappa shape index (κ3) is 2.79. The monoisotopic (exact) mass is 367 g/mol. The van der Waals surface area contributed by atoms with E-state index in [2.05, 4.69) is 6.07 Å². The van der Waals surface area contributed by atoms with E-state index in [1.54, 1.807) is 28.8 Å². The number of aryl methyl sites for hydroxylation is 1. The number of para-hydroxylation sites is 1. The van der Waals surface area contributed by atoms with Crippen LogP contribution in [0.5, 0.6) is 17.2 Å². The Morgan fingerprint density at radius 2 is 2.07 bits per heavy atom. The van der Waals surface area contributed by atoms with Gasteiger partial charge in [0.15, 0.2) is 11.5 Å². The highest BCUT2D eigenvalue weighted by Gasteiger charge is 2.36. The molecule has 0 saturated carbocycles. The second kappa shape index (κ2) is 7.08. The van der Waals surface area contributed by atoms with Crippen LogP contribution in [0.4, 0.5) is 0 Å². The SMILES string of the molecule is CCn1c(C)cc2c(c1=O)C(c1cccc(OC)c1OC)C(C#N)=C(N)O2. The molecule has 140 valence electrons. The summed E-state index contributed by atoms with van der Waals surface area (Å²) in [5, 5.41) is 9.73. The van der Waals surface area contributed by atoms with Gasteiger partial charge in [0.25, 0.3) is 5.56 Å². The Morgan fingerprint density at radius 3 is 2.67 bits per heavy atom. The smallest absolute Gasteiger partial charge is 0.258 e. The van der Waals surface area contributed by atoms with Crippen molar-refractivity contribution in [3.05, 3.63) is 62.9 Å². The van der Waals surface area contributed by atoms with Crippen LogP contribution in [0.1, 0.15) is 29.7 Å². The summed E-state index contributed by atoms with van der Waals surface area (Å²) in [6.45, 7) is 4.22. The summed E-state index contributed by atoms with van der Waals surface area (Å²) in [7, 11) is 3.04. The van der Waals surface area contributed by atoms with Gasteiger partial charge in [-0.15, -0.1) is 0 Å². The number of benzene rings is 1. The van der Waals surface area contributed by atoms with Crippen LogP contribution in [-0.2, 0) is 6.54 Å². The maximum atomic E-state index is 13.2. The van der Waals surface area contributed by atoms with Crippen LogP contribution < -0.4 is 25.5 Å². The van der Waals surface area contributed by atoms with Gasteiger partial charge < -0.3 is 24.5 Å². The molecule has 1 aromatic heterocycles. The van der Waals surface area contributed by atoms with Gasteiger partial charge >= 0.3 is 0 Å². The first-order valence-corrected chi connectivity index (χ1v) is 8.51. The molecule has 0 aliphatic carbocycles. The maximum Gasteiger partial charge on any atom is 0.258 e. The molecule has 0 radical (unpaired) electrons. The molecule has 0 bridgehead atoms. The lowest BCUT2D eigenvalue weighted by molar-refractivity contribution is 0.348. The highest BCUT2D eigenvalue weighted by atomic mass is 16.5. The third-order valence-corrected chi connectivity index (χ3v) is 4.75. The predicted octanol–water partition coefficient (Wildman–Crippen LogP) is 2.41. The highest BCUT2D eigenvalue weighted by Crippen LogP contribution is 2.45. The van der Waals surface area contributed by atoms with E-state index in [4.69, 9.17) is 19.9 Å². The summed E-state index contributed by atoms with van der Waals surface area (Å²) in [4.78, 5) is 13.2. The molecule has 27 heavy (non-hydrogen) atoms. The topological polar surface area (TPSA) is 99.5 Å². The molecule has 1 unspecified atom stereocenters. The molecular formula is C20H21N3O4. The van der Waals surface area contributed by atoms with E-state index in [0.717, 1.165) is 5.69 Å². The normalized spacial score (nSPS) is 15.6. The number of aromatic nitrogens is 1.